The fourth-order valence-electron chi connectivity index (χ4n) is 0.764. The Morgan fingerprint density at radius 3 is 2.91 bits per heavy atom. The van der Waals surface area contributed by atoms with E-state index in [2.05, 4.69) is 0 Å². The van der Waals surface area contributed by atoms with Gasteiger partial charge < -0.3 is 5.21 Å². The minimum absolute atomic E-state index is 0.149. The number of halogens is 2. The van der Waals surface area contributed by atoms with Gasteiger partial charge in [0.2, 0.25) is 0 Å². The lowest BCUT2D eigenvalue weighted by Crippen LogP contribution is -2.06. The second kappa shape index (κ2) is 3.67. The Morgan fingerprint density at radius 2 is 2.27 bits per heavy atom. The number of hydroxylamine groups is 1. The number of benzene rings is 1. The molecule has 4 heteroatoms. The molecule has 1 aromatic carbocycles. The summed E-state index contributed by atoms with van der Waals surface area (Å²) >= 11 is 5.66. The van der Waals surface area contributed by atoms with Gasteiger partial charge in [0.1, 0.15) is 5.82 Å². The molecule has 1 rings (SSSR count). The van der Waals surface area contributed by atoms with E-state index in [4.69, 9.17) is 16.8 Å². The molecule has 2 N–H and O–H groups in total. The molecule has 0 aliphatic heterocycles. The second-order valence-corrected chi connectivity index (χ2v) is 2.48. The van der Waals surface area contributed by atoms with Crippen molar-refractivity contribution in [1.29, 1.82) is 0 Å². The second-order valence-electron chi connectivity index (χ2n) is 2.07. The highest BCUT2D eigenvalue weighted by atomic mass is 35.5. The Morgan fingerprint density at radius 1 is 1.55 bits per heavy atom. The van der Waals surface area contributed by atoms with E-state index in [0.717, 1.165) is 0 Å². The van der Waals surface area contributed by atoms with Gasteiger partial charge in [-0.2, -0.15) is 0 Å². The Kier molecular flexibility index (Phi) is 2.82. The molecule has 11 heavy (non-hydrogen) atoms. The average molecular weight is 176 g/mol. The van der Waals surface area contributed by atoms with Gasteiger partial charge >= 0.3 is 0 Å². The fraction of sp³-hybridized carbons (Fsp3) is 0.143. The monoisotopic (exact) mass is 175 g/mol. The van der Waals surface area contributed by atoms with Crippen LogP contribution in [-0.2, 0) is 6.54 Å². The average Bonchev–Trinajstić information content (AvgIpc) is 1.98. The molecule has 0 unspecified atom stereocenters. The van der Waals surface area contributed by atoms with Crippen molar-refractivity contribution >= 4 is 11.6 Å². The highest BCUT2D eigenvalue weighted by Crippen LogP contribution is 2.16. The summed E-state index contributed by atoms with van der Waals surface area (Å²) in [5.41, 5.74) is 2.44. The van der Waals surface area contributed by atoms with Crippen LogP contribution >= 0.6 is 11.6 Å². The summed E-state index contributed by atoms with van der Waals surface area (Å²) in [4.78, 5) is 0. The van der Waals surface area contributed by atoms with Crippen LogP contribution in [0.15, 0.2) is 18.2 Å². The lowest BCUT2D eigenvalue weighted by Gasteiger charge is -2.01. The zero-order valence-corrected chi connectivity index (χ0v) is 6.40. The van der Waals surface area contributed by atoms with Crippen molar-refractivity contribution in [3.05, 3.63) is 34.6 Å². The van der Waals surface area contributed by atoms with E-state index in [-0.39, 0.29) is 12.4 Å². The molecule has 1 aromatic rings. The Bertz CT molecular complexity index is 254. The summed E-state index contributed by atoms with van der Waals surface area (Å²) in [7, 11) is 0. The largest absolute Gasteiger partial charge is 0.316 e. The molecule has 2 nitrogen and oxygen atoms in total. The van der Waals surface area contributed by atoms with Gasteiger partial charge in [-0.05, 0) is 23.8 Å². The molecule has 0 atom stereocenters. The number of hydrogen-bond donors (Lipinski definition) is 2. The molecule has 0 saturated carbocycles. The van der Waals surface area contributed by atoms with E-state index in [0.29, 0.717) is 10.6 Å². The van der Waals surface area contributed by atoms with Gasteiger partial charge in [-0.3, -0.25) is 0 Å². The van der Waals surface area contributed by atoms with E-state index in [1.165, 1.54) is 18.2 Å². The highest BCUT2D eigenvalue weighted by molar-refractivity contribution is 6.31. The summed E-state index contributed by atoms with van der Waals surface area (Å²) in [6.07, 6.45) is 0. The third-order valence-corrected chi connectivity index (χ3v) is 1.65. The molecule has 0 spiro atoms. The summed E-state index contributed by atoms with van der Waals surface area (Å²) in [5, 5.41) is 8.74. The fourth-order valence-corrected chi connectivity index (χ4v) is 0.948. The summed E-state index contributed by atoms with van der Waals surface area (Å²) in [6, 6.07) is 3.98. The highest BCUT2D eigenvalue weighted by Gasteiger charge is 1.99. The number of hydrogen-bond acceptors (Lipinski definition) is 2. The summed E-state index contributed by atoms with van der Waals surface area (Å²) < 4.78 is 12.5. The van der Waals surface area contributed by atoms with Crippen LogP contribution in [0, 0.1) is 5.82 Å². The van der Waals surface area contributed by atoms with Crippen molar-refractivity contribution < 1.29 is 9.60 Å². The first-order valence-corrected chi connectivity index (χ1v) is 3.42. The van der Waals surface area contributed by atoms with E-state index in [1.807, 2.05) is 5.48 Å². The first-order chi connectivity index (χ1) is 5.24. The first-order valence-electron chi connectivity index (χ1n) is 3.05. The first kappa shape index (κ1) is 8.46. The molecule has 60 valence electrons. The smallest absolute Gasteiger partial charge is 0.123 e. The van der Waals surface area contributed by atoms with Crippen molar-refractivity contribution in [2.45, 2.75) is 6.54 Å². The molecule has 0 heterocycles. The molecule has 0 aliphatic carbocycles. The van der Waals surface area contributed by atoms with Gasteiger partial charge in [0.25, 0.3) is 0 Å². The van der Waals surface area contributed by atoms with Crippen LogP contribution in [0.4, 0.5) is 4.39 Å². The van der Waals surface area contributed by atoms with Gasteiger partial charge in [-0.25, -0.2) is 9.87 Å². The van der Waals surface area contributed by atoms with Crippen molar-refractivity contribution in [3.8, 4) is 0 Å². The maximum absolute atomic E-state index is 12.5. The molecule has 0 saturated heterocycles. The minimum atomic E-state index is -0.361. The molecule has 0 bridgehead atoms. The van der Waals surface area contributed by atoms with Gasteiger partial charge in [0, 0.05) is 11.6 Å². The quantitative estimate of drug-likeness (QED) is 0.674. The van der Waals surface area contributed by atoms with Crippen molar-refractivity contribution in [3.63, 3.8) is 0 Å². The molecule has 0 aliphatic rings. The lowest BCUT2D eigenvalue weighted by molar-refractivity contribution is 0.161. The predicted octanol–water partition coefficient (Wildman–Crippen LogP) is 1.96. The van der Waals surface area contributed by atoms with Crippen molar-refractivity contribution in [2.24, 2.45) is 0 Å². The molecule has 0 aromatic heterocycles. The predicted molar refractivity (Wildman–Crippen MR) is 40.0 cm³/mol. The van der Waals surface area contributed by atoms with Crippen LogP contribution in [0.1, 0.15) is 5.56 Å². The zero-order chi connectivity index (χ0) is 8.27. The molecule has 0 amide bonds. The van der Waals surface area contributed by atoms with Crippen LogP contribution in [0.5, 0.6) is 0 Å². The Labute approximate surface area is 68.6 Å². The van der Waals surface area contributed by atoms with E-state index in [1.54, 1.807) is 0 Å². The van der Waals surface area contributed by atoms with Gasteiger partial charge in [-0.1, -0.05) is 11.6 Å². The topological polar surface area (TPSA) is 32.3 Å². The summed E-state index contributed by atoms with van der Waals surface area (Å²) in [6.45, 7) is 0.149. The molecule has 0 radical (unpaired) electrons. The SMILES string of the molecule is ONCc1cc(F)ccc1Cl. The zero-order valence-electron chi connectivity index (χ0n) is 5.64. The Hall–Kier alpha value is -0.640. The molecular formula is C7H7ClFNO. The van der Waals surface area contributed by atoms with Crippen molar-refractivity contribution in [1.82, 2.24) is 5.48 Å². The Balaban J connectivity index is 2.93. The van der Waals surface area contributed by atoms with Crippen molar-refractivity contribution in [2.75, 3.05) is 0 Å². The van der Waals surface area contributed by atoms with Crippen LogP contribution in [-0.4, -0.2) is 5.21 Å². The van der Waals surface area contributed by atoms with E-state index >= 15 is 0 Å². The summed E-state index contributed by atoms with van der Waals surface area (Å²) in [5.74, 6) is -0.361. The van der Waals surface area contributed by atoms with Crippen LogP contribution in [0.2, 0.25) is 5.02 Å². The standard InChI is InChI=1S/C7H7ClFNO/c8-7-2-1-6(9)3-5(7)4-10-11/h1-3,10-11H,4H2. The minimum Gasteiger partial charge on any atom is -0.316 e. The molecular weight excluding hydrogens is 169 g/mol. The van der Waals surface area contributed by atoms with E-state index in [9.17, 15) is 4.39 Å². The normalized spacial score (nSPS) is 10.1. The number of rotatable bonds is 2. The van der Waals surface area contributed by atoms with Gasteiger partial charge in [0.15, 0.2) is 0 Å². The molecule has 0 fully saturated rings. The third-order valence-electron chi connectivity index (χ3n) is 1.28. The van der Waals surface area contributed by atoms with Gasteiger partial charge in [0.05, 0.1) is 0 Å². The maximum Gasteiger partial charge on any atom is 0.123 e. The van der Waals surface area contributed by atoms with Gasteiger partial charge in [-0.15, -0.1) is 0 Å². The third kappa shape index (κ3) is 2.15. The number of nitrogens with one attached hydrogen (secondary N) is 1. The maximum atomic E-state index is 12.5. The lowest BCUT2D eigenvalue weighted by atomic mass is 10.2. The van der Waals surface area contributed by atoms with Crippen LogP contribution in [0.3, 0.4) is 0 Å². The van der Waals surface area contributed by atoms with E-state index < -0.39 is 0 Å². The van der Waals surface area contributed by atoms with Crippen LogP contribution < -0.4 is 5.48 Å². The van der Waals surface area contributed by atoms with Crippen LogP contribution in [0.25, 0.3) is 0 Å².